The fraction of sp³-hybridized carbons (Fsp3) is 0.480. The quantitative estimate of drug-likeness (QED) is 0.290. The molecule has 1 aromatic carbocycles. The van der Waals surface area contributed by atoms with Crippen LogP contribution in [0.4, 0.5) is 16.3 Å². The summed E-state index contributed by atoms with van der Waals surface area (Å²) in [6, 6.07) is 8.70. The molecule has 0 bridgehead atoms. The number of carbonyl (C=O) groups is 3. The van der Waals surface area contributed by atoms with Crippen molar-refractivity contribution in [1.82, 2.24) is 25.5 Å². The molecule has 2 aliphatic heterocycles. The number of benzene rings is 1. The third-order valence-corrected chi connectivity index (χ3v) is 7.39. The number of nitrogens with zero attached hydrogens (tertiary/aromatic N) is 4. The van der Waals surface area contributed by atoms with E-state index in [9.17, 15) is 14.4 Å². The Balaban J connectivity index is 1.32. The second-order valence-electron chi connectivity index (χ2n) is 9.32. The molecule has 4 rings (SSSR count). The number of halogens is 1. The normalized spacial score (nSPS) is 20.1. The van der Waals surface area contributed by atoms with Crippen LogP contribution in [-0.4, -0.2) is 76.7 Å². The standard InChI is InChI=1S/C25H32ClN7O3S/c1-16-6-5-7-18(12-16)28-25(36)33-11-10-32(14-17(33)2)21-13-20(26)30-24(31-21)37-15-22(34)29-19-8-3-4-9-27-23(19)35/h5-7,12-13,17,19H,3-4,8-11,14-15H2,1-2H3,(H,27,35)(H,28,36)(H,29,34)/t17-,19+/m0/s1. The lowest BCUT2D eigenvalue weighted by Gasteiger charge is -2.40. The molecule has 37 heavy (non-hydrogen) atoms. The Morgan fingerprint density at radius 3 is 2.84 bits per heavy atom. The van der Waals surface area contributed by atoms with Crippen LogP contribution in [0.3, 0.4) is 0 Å². The Bertz CT molecular complexity index is 1150. The summed E-state index contributed by atoms with van der Waals surface area (Å²) in [5.74, 6) is 0.334. The van der Waals surface area contributed by atoms with Crippen LogP contribution in [0.5, 0.6) is 0 Å². The fourth-order valence-corrected chi connectivity index (χ4v) is 5.33. The maximum atomic E-state index is 12.9. The van der Waals surface area contributed by atoms with E-state index >= 15 is 0 Å². The van der Waals surface area contributed by atoms with Crippen LogP contribution in [0.1, 0.15) is 31.7 Å². The molecule has 3 N–H and O–H groups in total. The summed E-state index contributed by atoms with van der Waals surface area (Å²) in [5, 5.41) is 9.25. The Morgan fingerprint density at radius 1 is 1.22 bits per heavy atom. The van der Waals surface area contributed by atoms with Crippen molar-refractivity contribution in [3.05, 3.63) is 41.0 Å². The van der Waals surface area contributed by atoms with Gasteiger partial charge in [-0.05, 0) is 50.8 Å². The molecule has 2 atom stereocenters. The van der Waals surface area contributed by atoms with Gasteiger partial charge < -0.3 is 25.8 Å². The Labute approximate surface area is 225 Å². The van der Waals surface area contributed by atoms with Crippen LogP contribution >= 0.6 is 23.4 Å². The zero-order valence-corrected chi connectivity index (χ0v) is 22.6. The molecule has 10 nitrogen and oxygen atoms in total. The van der Waals surface area contributed by atoms with Gasteiger partial charge in [-0.15, -0.1) is 0 Å². The first kappa shape index (κ1) is 27.0. The van der Waals surface area contributed by atoms with Gasteiger partial charge in [-0.25, -0.2) is 14.8 Å². The number of hydrogen-bond acceptors (Lipinski definition) is 7. The van der Waals surface area contributed by atoms with E-state index in [0.717, 1.165) is 24.1 Å². The Morgan fingerprint density at radius 2 is 2.05 bits per heavy atom. The molecule has 2 fully saturated rings. The van der Waals surface area contributed by atoms with E-state index in [1.807, 2.05) is 43.0 Å². The molecule has 198 valence electrons. The van der Waals surface area contributed by atoms with Crippen LogP contribution < -0.4 is 20.9 Å². The molecule has 0 saturated carbocycles. The van der Waals surface area contributed by atoms with Gasteiger partial charge in [-0.1, -0.05) is 35.5 Å². The molecular weight excluding hydrogens is 514 g/mol. The van der Waals surface area contributed by atoms with E-state index in [2.05, 4.69) is 30.8 Å². The van der Waals surface area contributed by atoms with E-state index in [1.165, 1.54) is 11.8 Å². The van der Waals surface area contributed by atoms with E-state index in [0.29, 0.717) is 43.6 Å². The van der Waals surface area contributed by atoms with Gasteiger partial charge in [0.2, 0.25) is 11.8 Å². The van der Waals surface area contributed by atoms with Gasteiger partial charge in [0.1, 0.15) is 17.0 Å². The van der Waals surface area contributed by atoms with Gasteiger partial charge in [-0.3, -0.25) is 9.59 Å². The minimum absolute atomic E-state index is 0.0556. The molecule has 12 heteroatoms. The average molecular weight is 546 g/mol. The lowest BCUT2D eigenvalue weighted by molar-refractivity contribution is -0.127. The summed E-state index contributed by atoms with van der Waals surface area (Å²) >= 11 is 7.45. The highest BCUT2D eigenvalue weighted by Gasteiger charge is 2.29. The van der Waals surface area contributed by atoms with Crippen molar-refractivity contribution in [2.45, 2.75) is 50.4 Å². The van der Waals surface area contributed by atoms with Gasteiger partial charge in [0, 0.05) is 44.0 Å². The minimum Gasteiger partial charge on any atom is -0.354 e. The first-order chi connectivity index (χ1) is 17.8. The molecule has 0 unspecified atom stereocenters. The molecule has 2 saturated heterocycles. The first-order valence-corrected chi connectivity index (χ1v) is 13.8. The van der Waals surface area contributed by atoms with Crippen molar-refractivity contribution in [2.75, 3.05) is 42.1 Å². The van der Waals surface area contributed by atoms with E-state index in [1.54, 1.807) is 6.07 Å². The molecule has 0 radical (unpaired) electrons. The summed E-state index contributed by atoms with van der Waals surface area (Å²) in [7, 11) is 0. The number of piperazine rings is 1. The van der Waals surface area contributed by atoms with Crippen LogP contribution in [0.25, 0.3) is 0 Å². The van der Waals surface area contributed by atoms with Crippen molar-refractivity contribution in [1.29, 1.82) is 0 Å². The second kappa shape index (κ2) is 12.5. The van der Waals surface area contributed by atoms with Crippen molar-refractivity contribution in [3.8, 4) is 0 Å². The van der Waals surface area contributed by atoms with Crippen LogP contribution in [0.2, 0.25) is 5.15 Å². The summed E-state index contributed by atoms with van der Waals surface area (Å²) in [5.41, 5.74) is 1.85. The van der Waals surface area contributed by atoms with Crippen molar-refractivity contribution < 1.29 is 14.4 Å². The minimum atomic E-state index is -0.507. The predicted molar refractivity (Wildman–Crippen MR) is 145 cm³/mol. The smallest absolute Gasteiger partial charge is 0.322 e. The molecule has 2 aromatic rings. The number of aryl methyl sites for hydroxylation is 1. The lowest BCUT2D eigenvalue weighted by Crippen LogP contribution is -2.55. The third kappa shape index (κ3) is 7.48. The summed E-state index contributed by atoms with van der Waals surface area (Å²) in [6.07, 6.45) is 2.43. The zero-order chi connectivity index (χ0) is 26.4. The lowest BCUT2D eigenvalue weighted by atomic mass is 10.1. The van der Waals surface area contributed by atoms with E-state index in [-0.39, 0.29) is 34.8 Å². The molecule has 0 aliphatic carbocycles. The largest absolute Gasteiger partial charge is 0.354 e. The van der Waals surface area contributed by atoms with Gasteiger partial charge in [-0.2, -0.15) is 0 Å². The van der Waals surface area contributed by atoms with Gasteiger partial charge >= 0.3 is 6.03 Å². The highest BCUT2D eigenvalue weighted by atomic mass is 35.5. The van der Waals surface area contributed by atoms with E-state index < -0.39 is 6.04 Å². The highest BCUT2D eigenvalue weighted by Crippen LogP contribution is 2.24. The first-order valence-electron chi connectivity index (χ1n) is 12.4. The monoisotopic (exact) mass is 545 g/mol. The van der Waals surface area contributed by atoms with Crippen molar-refractivity contribution >= 4 is 52.7 Å². The average Bonchev–Trinajstić information content (AvgIpc) is 3.06. The number of rotatable bonds is 6. The number of aromatic nitrogens is 2. The summed E-state index contributed by atoms with van der Waals surface area (Å²) < 4.78 is 0. The van der Waals surface area contributed by atoms with Crippen LogP contribution in [0.15, 0.2) is 35.5 Å². The summed E-state index contributed by atoms with van der Waals surface area (Å²) in [6.45, 7) is 6.31. The molecule has 1 aromatic heterocycles. The van der Waals surface area contributed by atoms with Gasteiger partial charge in [0.05, 0.1) is 5.75 Å². The number of thioether (sulfide) groups is 1. The fourth-order valence-electron chi connectivity index (χ4n) is 4.44. The number of carbonyl (C=O) groups excluding carboxylic acids is 3. The van der Waals surface area contributed by atoms with Crippen molar-refractivity contribution in [2.24, 2.45) is 0 Å². The van der Waals surface area contributed by atoms with Gasteiger partial charge in [0.25, 0.3) is 0 Å². The van der Waals surface area contributed by atoms with Crippen LogP contribution in [-0.2, 0) is 9.59 Å². The SMILES string of the molecule is Cc1cccc(NC(=O)N2CCN(c3cc(Cl)nc(SCC(=O)N[C@@H]4CCCCNC4=O)n3)C[C@@H]2C)c1. The maximum Gasteiger partial charge on any atom is 0.322 e. The summed E-state index contributed by atoms with van der Waals surface area (Å²) in [4.78, 5) is 50.1. The number of nitrogens with one attached hydrogen (secondary N) is 3. The maximum absolute atomic E-state index is 12.9. The van der Waals surface area contributed by atoms with Crippen molar-refractivity contribution in [3.63, 3.8) is 0 Å². The highest BCUT2D eigenvalue weighted by molar-refractivity contribution is 7.99. The predicted octanol–water partition coefficient (Wildman–Crippen LogP) is 3.06. The Kier molecular flexibility index (Phi) is 9.09. The molecule has 0 spiro atoms. The number of hydrogen-bond donors (Lipinski definition) is 3. The third-order valence-electron chi connectivity index (χ3n) is 6.35. The van der Waals surface area contributed by atoms with Gasteiger partial charge in [0.15, 0.2) is 5.16 Å². The number of urea groups is 1. The molecule has 4 amide bonds. The molecule has 2 aliphatic rings. The number of amides is 4. The van der Waals surface area contributed by atoms with E-state index in [4.69, 9.17) is 11.6 Å². The second-order valence-corrected chi connectivity index (χ2v) is 10.6. The molecule has 3 heterocycles. The molecular formula is C25H32ClN7O3S. The zero-order valence-electron chi connectivity index (χ0n) is 21.0. The topological polar surface area (TPSA) is 120 Å². The van der Waals surface area contributed by atoms with Crippen LogP contribution in [0, 0.1) is 6.92 Å². The Hall–Kier alpha value is -3.05. The number of anilines is 2.